The van der Waals surface area contributed by atoms with Crippen molar-refractivity contribution >= 4 is 12.0 Å². The van der Waals surface area contributed by atoms with Crippen LogP contribution in [0.2, 0.25) is 0 Å². The molecule has 2 aliphatic rings. The van der Waals surface area contributed by atoms with Crippen molar-refractivity contribution < 1.29 is 9.32 Å². The Morgan fingerprint density at radius 2 is 2.30 bits per heavy atom. The van der Waals surface area contributed by atoms with Crippen molar-refractivity contribution in [1.29, 1.82) is 0 Å². The number of fused-ring (bicyclic) bond motifs is 1. The SMILES string of the molecule is CNOOSCC1CCC2NC=C(CCN(C)C)C2C1. The van der Waals surface area contributed by atoms with Crippen molar-refractivity contribution in [1.82, 2.24) is 15.7 Å². The molecule has 1 saturated carbocycles. The van der Waals surface area contributed by atoms with E-state index in [0.29, 0.717) is 6.04 Å². The minimum Gasteiger partial charge on any atom is -0.388 e. The molecule has 0 bridgehead atoms. The van der Waals surface area contributed by atoms with Gasteiger partial charge in [0.1, 0.15) is 0 Å². The Balaban J connectivity index is 1.75. The lowest BCUT2D eigenvalue weighted by atomic mass is 9.76. The van der Waals surface area contributed by atoms with Crippen LogP contribution >= 0.6 is 12.0 Å². The number of hydroxylamine groups is 1. The number of nitrogens with zero attached hydrogens (tertiary/aromatic N) is 1. The van der Waals surface area contributed by atoms with Gasteiger partial charge in [0.05, 0.1) is 0 Å². The maximum absolute atomic E-state index is 4.97. The van der Waals surface area contributed by atoms with Gasteiger partial charge in [-0.25, -0.2) is 0 Å². The molecule has 116 valence electrons. The summed E-state index contributed by atoms with van der Waals surface area (Å²) in [6.45, 7) is 1.13. The number of hydrogen-bond acceptors (Lipinski definition) is 6. The molecule has 0 aromatic rings. The van der Waals surface area contributed by atoms with Crippen molar-refractivity contribution in [3.05, 3.63) is 11.8 Å². The standard InChI is InChI=1S/C14H27N3O2S/c1-15-18-19-20-10-11-4-5-14-13(8-11)12(9-16-14)6-7-17(2)3/h9,11,13-16H,4-8,10H2,1-3H3. The highest BCUT2D eigenvalue weighted by atomic mass is 32.2. The third kappa shape index (κ3) is 4.63. The third-order valence-electron chi connectivity index (χ3n) is 4.23. The first-order valence-electron chi connectivity index (χ1n) is 7.42. The molecule has 20 heavy (non-hydrogen) atoms. The third-order valence-corrected chi connectivity index (χ3v) is 5.01. The molecule has 1 heterocycles. The number of rotatable bonds is 8. The number of nitrogens with one attached hydrogen (secondary N) is 2. The predicted octanol–water partition coefficient (Wildman–Crippen LogP) is 1.94. The van der Waals surface area contributed by atoms with Gasteiger partial charge in [-0.3, -0.25) is 0 Å². The van der Waals surface area contributed by atoms with Gasteiger partial charge in [0.15, 0.2) is 0 Å². The van der Waals surface area contributed by atoms with Gasteiger partial charge < -0.3 is 10.2 Å². The Bertz CT molecular complexity index is 326. The normalized spacial score (nSPS) is 29.2. The minimum absolute atomic E-state index is 0.669. The van der Waals surface area contributed by atoms with Crippen LogP contribution in [-0.2, 0) is 9.32 Å². The lowest BCUT2D eigenvalue weighted by Crippen LogP contribution is -2.34. The number of hydrogen-bond donors (Lipinski definition) is 2. The van der Waals surface area contributed by atoms with Crippen LogP contribution in [0.25, 0.3) is 0 Å². The molecule has 0 aromatic carbocycles. The van der Waals surface area contributed by atoms with Gasteiger partial charge in [0.2, 0.25) is 0 Å². The molecule has 0 amide bonds. The summed E-state index contributed by atoms with van der Waals surface area (Å²) in [7, 11) is 5.97. The largest absolute Gasteiger partial charge is 0.388 e. The van der Waals surface area contributed by atoms with Gasteiger partial charge in [-0.05, 0) is 57.5 Å². The molecule has 0 aromatic heterocycles. The smallest absolute Gasteiger partial charge is 0.0337 e. The van der Waals surface area contributed by atoms with E-state index in [4.69, 9.17) is 4.33 Å². The van der Waals surface area contributed by atoms with Crippen LogP contribution in [0.5, 0.6) is 0 Å². The average molecular weight is 301 g/mol. The summed E-state index contributed by atoms with van der Waals surface area (Å²) in [5.41, 5.74) is 4.11. The summed E-state index contributed by atoms with van der Waals surface area (Å²) in [6, 6.07) is 0.669. The van der Waals surface area contributed by atoms with Crippen molar-refractivity contribution in [2.75, 3.05) is 33.4 Å². The molecule has 0 spiro atoms. The molecule has 3 atom stereocenters. The van der Waals surface area contributed by atoms with E-state index < -0.39 is 0 Å². The van der Waals surface area contributed by atoms with Crippen molar-refractivity contribution in [3.8, 4) is 0 Å². The van der Waals surface area contributed by atoms with Crippen molar-refractivity contribution in [2.45, 2.75) is 31.7 Å². The van der Waals surface area contributed by atoms with Gasteiger partial charge >= 0.3 is 0 Å². The van der Waals surface area contributed by atoms with E-state index >= 15 is 0 Å². The zero-order chi connectivity index (χ0) is 14.4. The summed E-state index contributed by atoms with van der Waals surface area (Å²) < 4.78 is 4.97. The molecule has 2 N–H and O–H groups in total. The Labute approximate surface area is 126 Å². The fourth-order valence-electron chi connectivity index (χ4n) is 3.13. The lowest BCUT2D eigenvalue weighted by molar-refractivity contribution is -0.238. The molecule has 1 aliphatic carbocycles. The molecule has 1 fully saturated rings. The first-order chi connectivity index (χ1) is 9.70. The Kier molecular flexibility index (Phi) is 6.64. The zero-order valence-corrected chi connectivity index (χ0v) is 13.5. The van der Waals surface area contributed by atoms with Crippen LogP contribution in [-0.4, -0.2) is 44.4 Å². The van der Waals surface area contributed by atoms with Gasteiger partial charge in [0.25, 0.3) is 0 Å². The molecule has 0 saturated heterocycles. The Hall–Kier alpha value is -0.270. The molecular weight excluding hydrogens is 274 g/mol. The van der Waals surface area contributed by atoms with E-state index in [1.165, 1.54) is 37.7 Å². The summed E-state index contributed by atoms with van der Waals surface area (Å²) in [5.74, 6) is 2.45. The molecule has 2 rings (SSSR count). The maximum atomic E-state index is 4.97. The van der Waals surface area contributed by atoms with Crippen molar-refractivity contribution in [2.24, 2.45) is 11.8 Å². The van der Waals surface area contributed by atoms with Crippen LogP contribution in [0.3, 0.4) is 0 Å². The second-order valence-electron chi connectivity index (χ2n) is 5.97. The second kappa shape index (κ2) is 8.24. The highest BCUT2D eigenvalue weighted by molar-refractivity contribution is 7.94. The van der Waals surface area contributed by atoms with Gasteiger partial charge in [-0.15, -0.1) is 9.32 Å². The first-order valence-corrected chi connectivity index (χ1v) is 8.33. The molecule has 0 radical (unpaired) electrons. The summed E-state index contributed by atoms with van der Waals surface area (Å²) in [4.78, 5) is 6.94. The topological polar surface area (TPSA) is 45.8 Å². The maximum Gasteiger partial charge on any atom is 0.0337 e. The molecule has 1 aliphatic heterocycles. The predicted molar refractivity (Wildman–Crippen MR) is 82.7 cm³/mol. The van der Waals surface area contributed by atoms with E-state index in [1.807, 2.05) is 0 Å². The van der Waals surface area contributed by atoms with E-state index in [1.54, 1.807) is 12.6 Å². The van der Waals surface area contributed by atoms with E-state index in [9.17, 15) is 0 Å². The molecular formula is C14H27N3O2S. The highest BCUT2D eigenvalue weighted by Crippen LogP contribution is 2.39. The van der Waals surface area contributed by atoms with E-state index in [0.717, 1.165) is 24.1 Å². The van der Waals surface area contributed by atoms with E-state index in [2.05, 4.69) is 41.0 Å². The van der Waals surface area contributed by atoms with Crippen LogP contribution in [0.1, 0.15) is 25.7 Å². The Morgan fingerprint density at radius 1 is 1.45 bits per heavy atom. The lowest BCUT2D eigenvalue weighted by Gasteiger charge is -2.33. The molecule has 6 heteroatoms. The highest BCUT2D eigenvalue weighted by Gasteiger charge is 2.35. The van der Waals surface area contributed by atoms with Gasteiger partial charge in [-0.2, -0.15) is 5.48 Å². The fraction of sp³-hybridized carbons (Fsp3) is 0.857. The van der Waals surface area contributed by atoms with E-state index in [-0.39, 0.29) is 0 Å². The Morgan fingerprint density at radius 3 is 3.05 bits per heavy atom. The summed E-state index contributed by atoms with van der Waals surface area (Å²) >= 11 is 1.41. The first kappa shape index (κ1) is 16.1. The van der Waals surface area contributed by atoms with Gasteiger partial charge in [-0.1, -0.05) is 0 Å². The van der Waals surface area contributed by atoms with Gasteiger partial charge in [0, 0.05) is 43.3 Å². The minimum atomic E-state index is 0.669. The molecule has 5 nitrogen and oxygen atoms in total. The zero-order valence-electron chi connectivity index (χ0n) is 12.7. The van der Waals surface area contributed by atoms with Crippen LogP contribution in [0, 0.1) is 11.8 Å². The average Bonchev–Trinajstić information content (AvgIpc) is 2.84. The van der Waals surface area contributed by atoms with Crippen LogP contribution in [0.15, 0.2) is 11.8 Å². The van der Waals surface area contributed by atoms with Crippen LogP contribution < -0.4 is 10.8 Å². The molecule has 3 unspecified atom stereocenters. The second-order valence-corrected chi connectivity index (χ2v) is 6.68. The van der Waals surface area contributed by atoms with Crippen LogP contribution in [0.4, 0.5) is 0 Å². The monoisotopic (exact) mass is 301 g/mol. The summed E-state index contributed by atoms with van der Waals surface area (Å²) in [5, 5.41) is 3.58. The summed E-state index contributed by atoms with van der Waals surface area (Å²) in [6.07, 6.45) is 7.27. The quantitative estimate of drug-likeness (QED) is 0.309. The fourth-order valence-corrected chi connectivity index (χ4v) is 3.80. The van der Waals surface area contributed by atoms with Crippen molar-refractivity contribution in [3.63, 3.8) is 0 Å².